The van der Waals surface area contributed by atoms with Crippen LogP contribution in [0.25, 0.3) is 0 Å². The van der Waals surface area contributed by atoms with E-state index in [0.29, 0.717) is 17.7 Å². The Morgan fingerprint density at radius 2 is 1.74 bits per heavy atom. The van der Waals surface area contributed by atoms with Crippen LogP contribution < -0.4 is 5.32 Å². The summed E-state index contributed by atoms with van der Waals surface area (Å²) in [7, 11) is 0. The van der Waals surface area contributed by atoms with Crippen LogP contribution in [0.15, 0.2) is 36.0 Å². The summed E-state index contributed by atoms with van der Waals surface area (Å²) in [6, 6.07) is 6.27. The molecule has 4 aliphatic carbocycles. The van der Waals surface area contributed by atoms with Crippen LogP contribution in [0.4, 0.5) is 5.69 Å². The molecule has 1 N–H and O–H groups in total. The van der Waals surface area contributed by atoms with Gasteiger partial charge in [-0.3, -0.25) is 4.79 Å². The summed E-state index contributed by atoms with van der Waals surface area (Å²) in [5.41, 5.74) is 3.77. The van der Waals surface area contributed by atoms with Gasteiger partial charge in [0.1, 0.15) is 5.82 Å². The van der Waals surface area contributed by atoms with Gasteiger partial charge in [0.25, 0.3) is 0 Å². The Hall–Kier alpha value is -2.08. The Morgan fingerprint density at radius 1 is 1.12 bits per heavy atom. The number of thioether (sulfide) groups is 1. The van der Waals surface area contributed by atoms with Crippen LogP contribution >= 0.6 is 11.8 Å². The van der Waals surface area contributed by atoms with Crippen LogP contribution in [-0.2, 0) is 30.6 Å². The third kappa shape index (κ3) is 4.71. The molecule has 34 heavy (non-hydrogen) atoms. The molecule has 4 bridgehead atoms. The molecule has 1 heterocycles. The van der Waals surface area contributed by atoms with Gasteiger partial charge >= 0.3 is 0 Å². The maximum atomic E-state index is 12.9. The summed E-state index contributed by atoms with van der Waals surface area (Å²) in [6.07, 6.45) is 13.2. The van der Waals surface area contributed by atoms with E-state index in [1.165, 1.54) is 61.4 Å². The number of nitrogens with one attached hydrogen (secondary N) is 1. The molecular weight excluding hydrogens is 440 g/mol. The van der Waals surface area contributed by atoms with Crippen LogP contribution in [0.3, 0.4) is 0 Å². The van der Waals surface area contributed by atoms with Crippen LogP contribution in [0.2, 0.25) is 0 Å². The molecule has 0 unspecified atom stereocenters. The maximum absolute atomic E-state index is 12.9. The van der Waals surface area contributed by atoms with Crippen molar-refractivity contribution < 1.29 is 4.79 Å². The second kappa shape index (κ2) is 9.88. The van der Waals surface area contributed by atoms with Crippen molar-refractivity contribution in [3.05, 3.63) is 47.8 Å². The first-order valence-electron chi connectivity index (χ1n) is 13.1. The topological polar surface area (TPSA) is 59.8 Å². The van der Waals surface area contributed by atoms with E-state index >= 15 is 0 Å². The van der Waals surface area contributed by atoms with E-state index in [4.69, 9.17) is 0 Å². The molecule has 182 valence electrons. The molecule has 1 amide bonds. The van der Waals surface area contributed by atoms with Gasteiger partial charge in [-0.2, -0.15) is 0 Å². The van der Waals surface area contributed by atoms with E-state index in [-0.39, 0.29) is 5.91 Å². The lowest BCUT2D eigenvalue weighted by Crippen LogP contribution is -2.47. The molecule has 4 aliphatic rings. The van der Waals surface area contributed by atoms with Gasteiger partial charge in [0, 0.05) is 18.7 Å². The van der Waals surface area contributed by atoms with Gasteiger partial charge in [0.2, 0.25) is 5.91 Å². The predicted molar refractivity (Wildman–Crippen MR) is 139 cm³/mol. The SMILES string of the molecule is C=CCn1c(CC23CC4CC(CC(C4)C2)C3)nnc1SCC(=O)Nc1c(CC)cccc1CC. The van der Waals surface area contributed by atoms with Gasteiger partial charge in [0.05, 0.1) is 5.75 Å². The number of carbonyl (C=O) groups excluding carboxylic acids is 1. The molecule has 0 spiro atoms. The minimum atomic E-state index is 0.0105. The van der Waals surface area contributed by atoms with Crippen molar-refractivity contribution in [3.63, 3.8) is 0 Å². The zero-order valence-corrected chi connectivity index (χ0v) is 21.5. The molecule has 1 aromatic heterocycles. The maximum Gasteiger partial charge on any atom is 0.234 e. The molecule has 0 radical (unpaired) electrons. The third-order valence-corrected chi connectivity index (χ3v) is 9.37. The number of allylic oxidation sites excluding steroid dienone is 1. The van der Waals surface area contributed by atoms with E-state index in [1.807, 2.05) is 6.08 Å². The minimum absolute atomic E-state index is 0.0105. The van der Waals surface area contributed by atoms with Crippen molar-refractivity contribution in [2.45, 2.75) is 83.3 Å². The average Bonchev–Trinajstić information content (AvgIpc) is 3.17. The number of nitrogens with zero attached hydrogens (tertiary/aromatic N) is 3. The predicted octanol–water partition coefficient (Wildman–Crippen LogP) is 6.08. The van der Waals surface area contributed by atoms with Crippen molar-refractivity contribution in [1.29, 1.82) is 0 Å². The molecule has 0 atom stereocenters. The quantitative estimate of drug-likeness (QED) is 0.332. The summed E-state index contributed by atoms with van der Waals surface area (Å²) in [6.45, 7) is 8.92. The number of benzene rings is 1. The average molecular weight is 479 g/mol. The van der Waals surface area contributed by atoms with Gasteiger partial charge in [0.15, 0.2) is 5.16 Å². The number of para-hydroxylation sites is 1. The second-order valence-corrected chi connectivity index (χ2v) is 11.8. The standard InChI is InChI=1S/C28H38N4OS/c1-4-10-32-24(17-28-14-19-11-20(15-28)13-21(12-19)16-28)30-31-27(32)34-18-25(33)29-26-22(5-2)8-7-9-23(26)6-3/h4,7-9,19-21H,1,5-6,10-18H2,2-3H3,(H,29,33). The first-order valence-corrected chi connectivity index (χ1v) is 14.1. The number of rotatable bonds is 10. The molecule has 6 rings (SSSR count). The van der Waals surface area contributed by atoms with E-state index in [9.17, 15) is 4.79 Å². The zero-order valence-electron chi connectivity index (χ0n) is 20.7. The Labute approximate surface area is 208 Å². The molecule has 6 heteroatoms. The Morgan fingerprint density at radius 3 is 2.29 bits per heavy atom. The fourth-order valence-corrected chi connectivity index (χ4v) is 8.19. The summed E-state index contributed by atoms with van der Waals surface area (Å²) in [5.74, 6) is 4.20. The van der Waals surface area contributed by atoms with Crippen molar-refractivity contribution in [3.8, 4) is 0 Å². The van der Waals surface area contributed by atoms with Crippen molar-refractivity contribution in [2.24, 2.45) is 23.2 Å². The molecule has 4 saturated carbocycles. The van der Waals surface area contributed by atoms with E-state index in [0.717, 1.165) is 53.7 Å². The summed E-state index contributed by atoms with van der Waals surface area (Å²) in [5, 5.41) is 13.2. The fraction of sp³-hybridized carbons (Fsp3) is 0.607. The van der Waals surface area contributed by atoms with E-state index in [2.05, 4.69) is 58.7 Å². The number of aromatic nitrogens is 3. The Kier molecular flexibility index (Phi) is 6.88. The van der Waals surface area contributed by atoms with Gasteiger partial charge in [-0.05, 0) is 85.7 Å². The van der Waals surface area contributed by atoms with Crippen molar-refractivity contribution in [2.75, 3.05) is 11.1 Å². The fourth-order valence-electron chi connectivity index (χ4n) is 7.42. The summed E-state index contributed by atoms with van der Waals surface area (Å²) in [4.78, 5) is 12.9. The number of anilines is 1. The molecule has 0 aliphatic heterocycles. The number of hydrogen-bond donors (Lipinski definition) is 1. The number of aryl methyl sites for hydroxylation is 2. The smallest absolute Gasteiger partial charge is 0.234 e. The molecule has 5 nitrogen and oxygen atoms in total. The lowest BCUT2D eigenvalue weighted by Gasteiger charge is -2.56. The van der Waals surface area contributed by atoms with Gasteiger partial charge in [-0.1, -0.05) is 49.9 Å². The third-order valence-electron chi connectivity index (χ3n) is 8.40. The van der Waals surface area contributed by atoms with Gasteiger partial charge in [-0.15, -0.1) is 16.8 Å². The van der Waals surface area contributed by atoms with Crippen LogP contribution in [0.1, 0.15) is 69.3 Å². The normalized spacial score (nSPS) is 27.2. The number of carbonyl (C=O) groups is 1. The molecule has 1 aromatic carbocycles. The number of hydrogen-bond acceptors (Lipinski definition) is 4. The molecule has 0 saturated heterocycles. The monoisotopic (exact) mass is 478 g/mol. The van der Waals surface area contributed by atoms with E-state index in [1.54, 1.807) is 0 Å². The highest BCUT2D eigenvalue weighted by atomic mass is 32.2. The highest BCUT2D eigenvalue weighted by Gasteiger charge is 2.51. The lowest BCUT2D eigenvalue weighted by atomic mass is 9.49. The second-order valence-electron chi connectivity index (χ2n) is 10.9. The molecule has 2 aromatic rings. The van der Waals surface area contributed by atoms with E-state index < -0.39 is 0 Å². The minimum Gasteiger partial charge on any atom is -0.325 e. The first kappa shape index (κ1) is 23.7. The zero-order chi connectivity index (χ0) is 23.7. The highest BCUT2D eigenvalue weighted by molar-refractivity contribution is 7.99. The summed E-state index contributed by atoms with van der Waals surface area (Å²) < 4.78 is 2.20. The van der Waals surface area contributed by atoms with Crippen LogP contribution in [-0.4, -0.2) is 26.4 Å². The van der Waals surface area contributed by atoms with Crippen LogP contribution in [0, 0.1) is 23.2 Å². The Bertz CT molecular complexity index is 1000. The number of amides is 1. The van der Waals surface area contributed by atoms with Crippen molar-refractivity contribution in [1.82, 2.24) is 14.8 Å². The molecular formula is C28H38N4OS. The van der Waals surface area contributed by atoms with Gasteiger partial charge < -0.3 is 9.88 Å². The lowest BCUT2D eigenvalue weighted by molar-refractivity contribution is -0.113. The largest absolute Gasteiger partial charge is 0.325 e. The molecule has 4 fully saturated rings. The highest BCUT2D eigenvalue weighted by Crippen LogP contribution is 2.61. The van der Waals surface area contributed by atoms with Gasteiger partial charge in [-0.25, -0.2) is 0 Å². The first-order chi connectivity index (χ1) is 16.5. The Balaban J connectivity index is 1.27. The van der Waals surface area contributed by atoms with Crippen molar-refractivity contribution >= 4 is 23.4 Å². The summed E-state index contributed by atoms with van der Waals surface area (Å²) >= 11 is 1.48. The van der Waals surface area contributed by atoms with Crippen LogP contribution in [0.5, 0.6) is 0 Å².